The van der Waals surface area contributed by atoms with E-state index < -0.39 is 0 Å². The summed E-state index contributed by atoms with van der Waals surface area (Å²) >= 11 is 0. The molecule has 0 atom stereocenters. The van der Waals surface area contributed by atoms with Gasteiger partial charge in [0.2, 0.25) is 0 Å². The molecule has 0 saturated carbocycles. The maximum Gasteiger partial charge on any atom is 0.0110 e. The topological polar surface area (TPSA) is 13.0 Å². The van der Waals surface area contributed by atoms with Gasteiger partial charge in [-0.3, -0.25) is 0 Å². The van der Waals surface area contributed by atoms with E-state index in [-0.39, 0.29) is 0 Å². The van der Waals surface area contributed by atoms with Gasteiger partial charge in [0.15, 0.2) is 0 Å². The number of likely N-dealkylation sites (N-methyl/N-ethyl adjacent to an activating group) is 2. The summed E-state index contributed by atoms with van der Waals surface area (Å²) in [6.07, 6.45) is 2.15. The van der Waals surface area contributed by atoms with Gasteiger partial charge in [-0.15, -0.1) is 0 Å². The predicted molar refractivity (Wildman–Crippen MR) is 95.4 cm³/mol. The summed E-state index contributed by atoms with van der Waals surface area (Å²) in [5.41, 5.74) is 2.51. The van der Waals surface area contributed by atoms with E-state index in [1.807, 2.05) is 0 Å². The molecule has 0 aliphatic carbocycles. The number of nitrogens with zero attached hydrogens (tertiary/aromatic N) is 4. The van der Waals surface area contributed by atoms with Crippen LogP contribution in [-0.2, 0) is 0 Å². The Morgan fingerprint density at radius 3 is 1.27 bits per heavy atom. The van der Waals surface area contributed by atoms with Gasteiger partial charge in [0, 0.05) is 65.4 Å². The molecular weight excluding hydrogens is 272 g/mol. The quantitative estimate of drug-likeness (QED) is 0.659. The molecule has 2 saturated heterocycles. The molecule has 2 aliphatic heterocycles. The van der Waals surface area contributed by atoms with Gasteiger partial charge in [0.25, 0.3) is 0 Å². The van der Waals surface area contributed by atoms with Crippen molar-refractivity contribution in [1.29, 1.82) is 0 Å². The molecule has 0 unspecified atom stereocenters. The predicted octanol–water partition coefficient (Wildman–Crippen LogP) is 1.37. The second-order valence-corrected chi connectivity index (χ2v) is 7.00. The number of hydrogen-bond acceptors (Lipinski definition) is 4. The van der Waals surface area contributed by atoms with E-state index in [0.29, 0.717) is 0 Å². The molecule has 2 heterocycles. The smallest absolute Gasteiger partial charge is 0.0110 e. The first-order chi connectivity index (χ1) is 10.5. The van der Waals surface area contributed by atoms with Crippen molar-refractivity contribution in [3.8, 4) is 0 Å². The molecule has 0 aromatic carbocycles. The van der Waals surface area contributed by atoms with Gasteiger partial charge in [-0.2, -0.15) is 0 Å². The Morgan fingerprint density at radius 2 is 0.955 bits per heavy atom. The zero-order chi connectivity index (χ0) is 15.9. The third-order valence-corrected chi connectivity index (χ3v) is 5.15. The molecule has 0 aromatic heterocycles. The molecule has 0 aromatic rings. The van der Waals surface area contributed by atoms with Gasteiger partial charge in [0.05, 0.1) is 0 Å². The molecule has 4 heteroatoms. The first kappa shape index (κ1) is 17.7. The van der Waals surface area contributed by atoms with Crippen LogP contribution in [0.4, 0.5) is 0 Å². The molecule has 2 fully saturated rings. The Labute approximate surface area is 137 Å². The number of hydrogen-bond donors (Lipinski definition) is 0. The zero-order valence-electron chi connectivity index (χ0n) is 14.7. The van der Waals surface area contributed by atoms with Crippen LogP contribution in [0.25, 0.3) is 0 Å². The van der Waals surface area contributed by atoms with E-state index in [1.54, 1.807) is 0 Å². The van der Waals surface area contributed by atoms with Crippen LogP contribution in [0.5, 0.6) is 0 Å². The molecule has 0 spiro atoms. The fourth-order valence-corrected chi connectivity index (χ4v) is 3.08. The Bertz CT molecular complexity index is 327. The largest absolute Gasteiger partial charge is 0.304 e. The maximum atomic E-state index is 4.27. The third-order valence-electron chi connectivity index (χ3n) is 5.15. The highest BCUT2D eigenvalue weighted by Crippen LogP contribution is 2.16. The van der Waals surface area contributed by atoms with Crippen LogP contribution < -0.4 is 0 Å². The summed E-state index contributed by atoms with van der Waals surface area (Å²) < 4.78 is 0. The lowest BCUT2D eigenvalue weighted by atomic mass is 10.0. The fourth-order valence-electron chi connectivity index (χ4n) is 3.08. The van der Waals surface area contributed by atoms with E-state index in [4.69, 9.17) is 0 Å². The second kappa shape index (κ2) is 8.82. The summed E-state index contributed by atoms with van der Waals surface area (Å²) in [6.45, 7) is 20.3. The van der Waals surface area contributed by atoms with Crippen LogP contribution in [0.3, 0.4) is 0 Å². The highest BCUT2D eigenvalue weighted by Gasteiger charge is 2.15. The Hall–Kier alpha value is -0.680. The van der Waals surface area contributed by atoms with E-state index in [0.717, 1.165) is 25.9 Å². The van der Waals surface area contributed by atoms with Crippen LogP contribution in [0.1, 0.15) is 12.8 Å². The molecule has 126 valence electrons. The summed E-state index contributed by atoms with van der Waals surface area (Å²) in [6, 6.07) is 0. The lowest BCUT2D eigenvalue weighted by Gasteiger charge is -2.33. The summed E-state index contributed by atoms with van der Waals surface area (Å²) in [5, 5.41) is 0. The van der Waals surface area contributed by atoms with Crippen molar-refractivity contribution >= 4 is 0 Å². The van der Waals surface area contributed by atoms with Gasteiger partial charge in [-0.05, 0) is 26.9 Å². The SMILES string of the molecule is C=C(CCN1CCN(C)CC1)C(=C)CCN1CCN(C)CC1. The lowest BCUT2D eigenvalue weighted by Crippen LogP contribution is -2.45. The number of rotatable bonds is 7. The first-order valence-electron chi connectivity index (χ1n) is 8.72. The Kier molecular flexibility index (Phi) is 7.09. The Balaban J connectivity index is 1.59. The normalized spacial score (nSPS) is 22.8. The minimum Gasteiger partial charge on any atom is -0.304 e. The first-order valence-corrected chi connectivity index (χ1v) is 8.72. The van der Waals surface area contributed by atoms with Crippen LogP contribution in [0.15, 0.2) is 24.3 Å². The molecule has 0 radical (unpaired) electrons. The van der Waals surface area contributed by atoms with E-state index >= 15 is 0 Å². The van der Waals surface area contributed by atoms with Gasteiger partial charge < -0.3 is 19.6 Å². The van der Waals surface area contributed by atoms with Crippen molar-refractivity contribution in [2.24, 2.45) is 0 Å². The summed E-state index contributed by atoms with van der Waals surface area (Å²) in [7, 11) is 4.41. The fraction of sp³-hybridized carbons (Fsp3) is 0.778. The average Bonchev–Trinajstić information content (AvgIpc) is 2.53. The van der Waals surface area contributed by atoms with Crippen LogP contribution >= 0.6 is 0 Å². The number of piperazine rings is 2. The van der Waals surface area contributed by atoms with E-state index in [2.05, 4.69) is 46.9 Å². The van der Waals surface area contributed by atoms with Crippen molar-refractivity contribution < 1.29 is 0 Å². The monoisotopic (exact) mass is 306 g/mol. The van der Waals surface area contributed by atoms with E-state index in [1.165, 1.54) is 63.5 Å². The minimum atomic E-state index is 1.07. The van der Waals surface area contributed by atoms with Gasteiger partial charge in [-0.1, -0.05) is 24.3 Å². The molecule has 4 nitrogen and oxygen atoms in total. The maximum absolute atomic E-state index is 4.27. The van der Waals surface area contributed by atoms with Gasteiger partial charge in [0.1, 0.15) is 0 Å². The minimum absolute atomic E-state index is 1.07. The van der Waals surface area contributed by atoms with Crippen LogP contribution in [-0.4, -0.2) is 99.1 Å². The molecule has 2 aliphatic rings. The molecular formula is C18H34N4. The van der Waals surface area contributed by atoms with Crippen LogP contribution in [0.2, 0.25) is 0 Å². The summed E-state index contributed by atoms with van der Waals surface area (Å²) in [4.78, 5) is 9.92. The Morgan fingerprint density at radius 1 is 0.636 bits per heavy atom. The van der Waals surface area contributed by atoms with Crippen molar-refractivity contribution in [1.82, 2.24) is 19.6 Å². The molecule has 0 amide bonds. The standard InChI is InChI=1S/C18H34N4/c1-17(5-7-21-13-9-19(3)10-14-21)18(2)6-8-22-15-11-20(4)12-16-22/h1-2,5-16H2,3-4H3. The lowest BCUT2D eigenvalue weighted by molar-refractivity contribution is 0.154. The zero-order valence-corrected chi connectivity index (χ0v) is 14.7. The van der Waals surface area contributed by atoms with Crippen LogP contribution in [0, 0.1) is 0 Å². The summed E-state index contributed by atoms with van der Waals surface area (Å²) in [5.74, 6) is 0. The molecule has 22 heavy (non-hydrogen) atoms. The molecule has 0 bridgehead atoms. The molecule has 0 N–H and O–H groups in total. The van der Waals surface area contributed by atoms with Gasteiger partial charge in [-0.25, -0.2) is 0 Å². The van der Waals surface area contributed by atoms with Gasteiger partial charge >= 0.3 is 0 Å². The second-order valence-electron chi connectivity index (χ2n) is 7.00. The van der Waals surface area contributed by atoms with Crippen molar-refractivity contribution in [3.63, 3.8) is 0 Å². The van der Waals surface area contributed by atoms with Crippen molar-refractivity contribution in [2.75, 3.05) is 79.5 Å². The molecule has 2 rings (SSSR count). The highest BCUT2D eigenvalue weighted by atomic mass is 15.2. The van der Waals surface area contributed by atoms with Crippen molar-refractivity contribution in [2.45, 2.75) is 12.8 Å². The van der Waals surface area contributed by atoms with Crippen molar-refractivity contribution in [3.05, 3.63) is 24.3 Å². The average molecular weight is 306 g/mol. The van der Waals surface area contributed by atoms with E-state index in [9.17, 15) is 0 Å². The highest BCUT2D eigenvalue weighted by molar-refractivity contribution is 5.25. The third kappa shape index (κ3) is 5.84.